The van der Waals surface area contributed by atoms with E-state index in [1.54, 1.807) is 0 Å². The molecule has 0 aliphatic carbocycles. The second kappa shape index (κ2) is 6.32. The maximum absolute atomic E-state index is 13.5. The highest BCUT2D eigenvalue weighted by atomic mass is 79.9. The Bertz CT molecular complexity index is 619. The molecule has 1 fully saturated rings. The number of hydrogen-bond acceptors (Lipinski definition) is 3. The molecule has 0 amide bonds. The average molecular weight is 379 g/mol. The number of piperidine rings is 1. The van der Waals surface area contributed by atoms with Gasteiger partial charge in [0.15, 0.2) is 0 Å². The lowest BCUT2D eigenvalue weighted by Crippen LogP contribution is -2.52. The Kier molecular flexibility index (Phi) is 5.07. The Balaban J connectivity index is 2.09. The summed E-state index contributed by atoms with van der Waals surface area (Å²) in [6.45, 7) is 5.44. The fraction of sp³-hybridized carbons (Fsp3) is 0.571. The first-order chi connectivity index (χ1) is 9.72. The van der Waals surface area contributed by atoms with Gasteiger partial charge < -0.3 is 5.32 Å². The van der Waals surface area contributed by atoms with Crippen molar-refractivity contribution in [1.82, 2.24) is 10.0 Å². The third kappa shape index (κ3) is 4.03. The summed E-state index contributed by atoms with van der Waals surface area (Å²) in [6.07, 6.45) is 2.15. The van der Waals surface area contributed by atoms with Gasteiger partial charge in [-0.05, 0) is 58.9 Å². The van der Waals surface area contributed by atoms with Crippen LogP contribution in [0.25, 0.3) is 0 Å². The normalized spacial score (nSPS) is 22.2. The van der Waals surface area contributed by atoms with E-state index in [1.165, 1.54) is 12.1 Å². The highest BCUT2D eigenvalue weighted by molar-refractivity contribution is 9.10. The summed E-state index contributed by atoms with van der Waals surface area (Å²) in [6, 6.07) is 3.87. The summed E-state index contributed by atoms with van der Waals surface area (Å²) in [5.74, 6) is -0.589. The summed E-state index contributed by atoms with van der Waals surface area (Å²) in [5, 5.41) is 3.35. The van der Waals surface area contributed by atoms with Gasteiger partial charge in [-0.25, -0.2) is 17.5 Å². The van der Waals surface area contributed by atoms with E-state index in [2.05, 4.69) is 39.8 Å². The topological polar surface area (TPSA) is 58.2 Å². The van der Waals surface area contributed by atoms with Gasteiger partial charge >= 0.3 is 0 Å². The molecule has 1 aliphatic rings. The second-order valence-corrected chi connectivity index (χ2v) is 8.65. The van der Waals surface area contributed by atoms with E-state index in [0.29, 0.717) is 6.54 Å². The Hall–Kier alpha value is -0.500. The summed E-state index contributed by atoms with van der Waals surface area (Å²) in [7, 11) is -3.70. The van der Waals surface area contributed by atoms with E-state index in [0.717, 1.165) is 25.5 Å². The van der Waals surface area contributed by atoms with Gasteiger partial charge in [-0.3, -0.25) is 0 Å². The Morgan fingerprint density at radius 3 is 2.81 bits per heavy atom. The molecule has 0 spiro atoms. The van der Waals surface area contributed by atoms with E-state index in [4.69, 9.17) is 0 Å². The van der Waals surface area contributed by atoms with Crippen molar-refractivity contribution in [2.24, 2.45) is 5.41 Å². The van der Waals surface area contributed by atoms with Crippen molar-refractivity contribution >= 4 is 26.0 Å². The van der Waals surface area contributed by atoms with Crippen molar-refractivity contribution in [3.8, 4) is 0 Å². The molecule has 0 aromatic heterocycles. The van der Waals surface area contributed by atoms with Crippen molar-refractivity contribution in [2.45, 2.75) is 37.6 Å². The van der Waals surface area contributed by atoms with Crippen LogP contribution in [0.5, 0.6) is 0 Å². The van der Waals surface area contributed by atoms with Crippen LogP contribution in [-0.4, -0.2) is 27.5 Å². The van der Waals surface area contributed by atoms with Gasteiger partial charge in [0.05, 0.1) is 9.37 Å². The fourth-order valence-electron chi connectivity index (χ4n) is 2.54. The van der Waals surface area contributed by atoms with Gasteiger partial charge in [-0.15, -0.1) is 0 Å². The fourth-order valence-corrected chi connectivity index (χ4v) is 3.84. The molecule has 1 unspecified atom stereocenters. The van der Waals surface area contributed by atoms with Crippen LogP contribution < -0.4 is 10.0 Å². The zero-order valence-electron chi connectivity index (χ0n) is 12.1. The summed E-state index contributed by atoms with van der Waals surface area (Å²) in [4.78, 5) is -0.0585. The lowest BCUT2D eigenvalue weighted by atomic mass is 9.78. The van der Waals surface area contributed by atoms with Crippen LogP contribution >= 0.6 is 15.9 Å². The molecule has 1 saturated heterocycles. The molecule has 1 aromatic rings. The third-order valence-corrected chi connectivity index (χ3v) is 6.08. The molecule has 1 aliphatic heterocycles. The van der Waals surface area contributed by atoms with Crippen molar-refractivity contribution < 1.29 is 12.8 Å². The molecule has 118 valence electrons. The second-order valence-electron chi connectivity index (χ2n) is 6.03. The first-order valence-electron chi connectivity index (χ1n) is 6.90. The highest BCUT2D eigenvalue weighted by Gasteiger charge is 2.32. The molecule has 4 nitrogen and oxygen atoms in total. The SMILES string of the molecule is CC1(C)CCCNC1CNS(=O)(=O)c1ccc(Br)c(F)c1. The van der Waals surface area contributed by atoms with E-state index in [1.807, 2.05) is 0 Å². The number of hydrogen-bond donors (Lipinski definition) is 2. The molecular formula is C14H20BrFN2O2S. The summed E-state index contributed by atoms with van der Waals surface area (Å²) < 4.78 is 40.8. The zero-order chi connectivity index (χ0) is 15.7. The Morgan fingerprint density at radius 1 is 1.48 bits per heavy atom. The molecular weight excluding hydrogens is 359 g/mol. The Morgan fingerprint density at radius 2 is 2.19 bits per heavy atom. The number of benzene rings is 1. The minimum atomic E-state index is -3.70. The molecule has 0 bridgehead atoms. The van der Waals surface area contributed by atoms with Crippen LogP contribution in [0.15, 0.2) is 27.6 Å². The molecule has 0 radical (unpaired) electrons. The van der Waals surface area contributed by atoms with E-state index >= 15 is 0 Å². The van der Waals surface area contributed by atoms with Crippen molar-refractivity contribution in [1.29, 1.82) is 0 Å². The van der Waals surface area contributed by atoms with Crippen molar-refractivity contribution in [2.75, 3.05) is 13.1 Å². The summed E-state index contributed by atoms with van der Waals surface area (Å²) in [5.41, 5.74) is 0.0335. The van der Waals surface area contributed by atoms with Crippen LogP contribution in [0.4, 0.5) is 4.39 Å². The highest BCUT2D eigenvalue weighted by Crippen LogP contribution is 2.30. The van der Waals surface area contributed by atoms with Crippen LogP contribution in [-0.2, 0) is 10.0 Å². The van der Waals surface area contributed by atoms with Gasteiger partial charge in [0, 0.05) is 12.6 Å². The minimum absolute atomic E-state index is 0.0335. The molecule has 1 atom stereocenters. The van der Waals surface area contributed by atoms with Gasteiger partial charge in [0.1, 0.15) is 5.82 Å². The molecule has 0 saturated carbocycles. The predicted octanol–water partition coefficient (Wildman–Crippen LogP) is 2.64. The first kappa shape index (κ1) is 16.9. The number of rotatable bonds is 4. The van der Waals surface area contributed by atoms with Crippen LogP contribution in [0.3, 0.4) is 0 Å². The van der Waals surface area contributed by atoms with Crippen LogP contribution in [0.2, 0.25) is 0 Å². The number of nitrogens with one attached hydrogen (secondary N) is 2. The van der Waals surface area contributed by atoms with Gasteiger partial charge in [0.25, 0.3) is 0 Å². The van der Waals surface area contributed by atoms with Crippen molar-refractivity contribution in [3.05, 3.63) is 28.5 Å². The zero-order valence-corrected chi connectivity index (χ0v) is 14.5. The molecule has 7 heteroatoms. The molecule has 21 heavy (non-hydrogen) atoms. The van der Waals surface area contributed by atoms with Crippen LogP contribution in [0.1, 0.15) is 26.7 Å². The summed E-state index contributed by atoms with van der Waals surface area (Å²) >= 11 is 3.01. The maximum Gasteiger partial charge on any atom is 0.240 e. The molecule has 1 heterocycles. The van der Waals surface area contributed by atoms with Gasteiger partial charge in [0.2, 0.25) is 10.0 Å². The number of halogens is 2. The van der Waals surface area contributed by atoms with Crippen molar-refractivity contribution in [3.63, 3.8) is 0 Å². The molecule has 2 rings (SSSR count). The molecule has 1 aromatic carbocycles. The minimum Gasteiger partial charge on any atom is -0.312 e. The van der Waals surface area contributed by atoms with Gasteiger partial charge in [-0.2, -0.15) is 0 Å². The average Bonchev–Trinajstić information content (AvgIpc) is 2.40. The van der Waals surface area contributed by atoms with Crippen LogP contribution in [0, 0.1) is 11.2 Å². The largest absolute Gasteiger partial charge is 0.312 e. The first-order valence-corrected chi connectivity index (χ1v) is 9.18. The number of sulfonamides is 1. The maximum atomic E-state index is 13.5. The molecule has 2 N–H and O–H groups in total. The van der Waals surface area contributed by atoms with Gasteiger partial charge in [-0.1, -0.05) is 13.8 Å². The third-order valence-electron chi connectivity index (χ3n) is 4.01. The quantitative estimate of drug-likeness (QED) is 0.846. The van der Waals surface area contributed by atoms with E-state index in [-0.39, 0.29) is 20.8 Å². The lowest BCUT2D eigenvalue weighted by Gasteiger charge is -2.39. The standard InChI is InChI=1S/C14H20BrFN2O2S/c1-14(2)6-3-7-17-13(14)9-18-21(19,20)10-4-5-11(15)12(16)8-10/h4-5,8,13,17-18H,3,6-7,9H2,1-2H3. The lowest BCUT2D eigenvalue weighted by molar-refractivity contribution is 0.181. The van der Waals surface area contributed by atoms with E-state index < -0.39 is 15.8 Å². The predicted molar refractivity (Wildman–Crippen MR) is 84.1 cm³/mol. The van der Waals surface area contributed by atoms with E-state index in [9.17, 15) is 12.8 Å². The monoisotopic (exact) mass is 378 g/mol. The Labute approximate surface area is 133 Å². The smallest absolute Gasteiger partial charge is 0.240 e.